The summed E-state index contributed by atoms with van der Waals surface area (Å²) in [6.07, 6.45) is 8.65. The minimum Gasteiger partial charge on any atom is -0.310 e. The average Bonchev–Trinajstić information content (AvgIpc) is 3.68. The van der Waals surface area contributed by atoms with E-state index in [-0.39, 0.29) is 10.8 Å². The summed E-state index contributed by atoms with van der Waals surface area (Å²) in [4.78, 5) is 2.56. The first-order chi connectivity index (χ1) is 30.7. The highest BCUT2D eigenvalue weighted by Crippen LogP contribution is 2.62. The summed E-state index contributed by atoms with van der Waals surface area (Å²) >= 11 is 0. The van der Waals surface area contributed by atoms with Crippen LogP contribution in [0.3, 0.4) is 0 Å². The van der Waals surface area contributed by atoms with Crippen molar-refractivity contribution in [2.45, 2.75) is 82.5 Å². The Balaban J connectivity index is 0.954. The molecule has 4 saturated carbocycles. The van der Waals surface area contributed by atoms with Gasteiger partial charge in [-0.2, -0.15) is 0 Å². The van der Waals surface area contributed by atoms with Crippen molar-refractivity contribution in [2.75, 3.05) is 4.90 Å². The molecule has 0 heterocycles. The first-order valence-electron chi connectivity index (χ1n) is 23.7. The minimum atomic E-state index is -0.118. The zero-order valence-electron chi connectivity index (χ0n) is 37.1. The van der Waals surface area contributed by atoms with Crippen molar-refractivity contribution in [2.24, 2.45) is 17.8 Å². The highest BCUT2D eigenvalue weighted by Gasteiger charge is 2.52. The molecule has 0 N–H and O–H groups in total. The molecule has 14 rings (SSSR count). The van der Waals surface area contributed by atoms with E-state index in [0.29, 0.717) is 5.41 Å². The van der Waals surface area contributed by atoms with Gasteiger partial charge in [0.2, 0.25) is 0 Å². The van der Waals surface area contributed by atoms with E-state index in [0.717, 1.165) is 23.4 Å². The van der Waals surface area contributed by atoms with E-state index < -0.39 is 0 Å². The molecule has 4 fully saturated rings. The molecule has 0 spiro atoms. The summed E-state index contributed by atoms with van der Waals surface area (Å²) < 4.78 is 0. The lowest BCUT2D eigenvalue weighted by atomic mass is 9.48. The highest BCUT2D eigenvalue weighted by molar-refractivity contribution is 6.06. The molecule has 0 aromatic heterocycles. The van der Waals surface area contributed by atoms with Gasteiger partial charge in [0.25, 0.3) is 0 Å². The predicted octanol–water partition coefficient (Wildman–Crippen LogP) is 16.7. The number of anilines is 3. The SMILES string of the molecule is CC1(C)c2cc(N(c3ccc(-c4cccc5cccc(-c6ccccc6)c45)cc3)c3cccc4c3-c3ccccc3C4(C)C)ccc2-c2ccc(C34CC5CC(CC(C5)C3)C4)cc21. The maximum atomic E-state index is 2.68. The molecule has 0 unspecified atom stereocenters. The van der Waals surface area contributed by atoms with Crippen LogP contribution in [0.4, 0.5) is 17.1 Å². The Hall–Kier alpha value is -6.18. The summed E-state index contributed by atoms with van der Waals surface area (Å²) in [5.41, 5.74) is 21.6. The quantitative estimate of drug-likeness (QED) is 0.162. The summed E-state index contributed by atoms with van der Waals surface area (Å²) in [7, 11) is 0. The van der Waals surface area contributed by atoms with Crippen LogP contribution in [0.5, 0.6) is 0 Å². The molecule has 0 saturated heterocycles. The van der Waals surface area contributed by atoms with E-state index in [4.69, 9.17) is 0 Å². The Labute approximate surface area is 373 Å². The van der Waals surface area contributed by atoms with Gasteiger partial charge in [0.15, 0.2) is 0 Å². The van der Waals surface area contributed by atoms with Gasteiger partial charge in [-0.15, -0.1) is 0 Å². The largest absolute Gasteiger partial charge is 0.310 e. The lowest BCUT2D eigenvalue weighted by molar-refractivity contribution is -0.00522. The molecule has 6 aliphatic carbocycles. The molecule has 1 nitrogen and oxygen atoms in total. The van der Waals surface area contributed by atoms with E-state index in [2.05, 4.69) is 202 Å². The topological polar surface area (TPSA) is 3.24 Å². The number of hydrogen-bond acceptors (Lipinski definition) is 1. The molecule has 63 heavy (non-hydrogen) atoms. The van der Waals surface area contributed by atoms with Crippen molar-refractivity contribution >= 4 is 27.8 Å². The van der Waals surface area contributed by atoms with E-state index in [1.807, 2.05) is 0 Å². The first kappa shape index (κ1) is 37.4. The van der Waals surface area contributed by atoms with Gasteiger partial charge in [0, 0.05) is 27.8 Å². The molecule has 0 atom stereocenters. The van der Waals surface area contributed by atoms with E-state index in [1.54, 1.807) is 5.56 Å². The molecule has 0 aliphatic heterocycles. The third kappa shape index (κ3) is 5.48. The van der Waals surface area contributed by atoms with Crippen molar-refractivity contribution in [1.82, 2.24) is 0 Å². The lowest BCUT2D eigenvalue weighted by Crippen LogP contribution is -2.48. The molecule has 8 aromatic rings. The fraction of sp³-hybridized carbons (Fsp3) is 0.258. The molecular formula is C62H55N. The maximum Gasteiger partial charge on any atom is 0.0543 e. The zero-order valence-corrected chi connectivity index (χ0v) is 37.1. The van der Waals surface area contributed by atoms with Gasteiger partial charge < -0.3 is 4.90 Å². The van der Waals surface area contributed by atoms with Crippen molar-refractivity contribution in [3.63, 3.8) is 0 Å². The van der Waals surface area contributed by atoms with Crippen LogP contribution < -0.4 is 4.90 Å². The molecule has 0 amide bonds. The Morgan fingerprint density at radius 1 is 0.413 bits per heavy atom. The molecule has 8 aromatic carbocycles. The fourth-order valence-electron chi connectivity index (χ4n) is 14.2. The van der Waals surface area contributed by atoms with Crippen LogP contribution in [-0.2, 0) is 16.2 Å². The van der Waals surface area contributed by atoms with Crippen molar-refractivity contribution in [3.8, 4) is 44.5 Å². The predicted molar refractivity (Wildman–Crippen MR) is 264 cm³/mol. The number of benzene rings is 8. The average molecular weight is 814 g/mol. The third-order valence-corrected chi connectivity index (χ3v) is 16.8. The maximum absolute atomic E-state index is 2.68. The Bertz CT molecular complexity index is 3100. The molecule has 4 bridgehead atoms. The second-order valence-electron chi connectivity index (χ2n) is 21.1. The van der Waals surface area contributed by atoms with E-state index >= 15 is 0 Å². The Morgan fingerprint density at radius 3 is 1.65 bits per heavy atom. The smallest absolute Gasteiger partial charge is 0.0543 e. The molecule has 308 valence electrons. The van der Waals surface area contributed by atoms with Crippen LogP contribution in [0.1, 0.15) is 94.0 Å². The number of hydrogen-bond donors (Lipinski definition) is 0. The second-order valence-corrected chi connectivity index (χ2v) is 21.1. The lowest BCUT2D eigenvalue weighted by Gasteiger charge is -2.57. The van der Waals surface area contributed by atoms with Gasteiger partial charge in [0.05, 0.1) is 5.69 Å². The van der Waals surface area contributed by atoms with Crippen molar-refractivity contribution in [1.29, 1.82) is 0 Å². The summed E-state index contributed by atoms with van der Waals surface area (Å²) in [5, 5.41) is 2.55. The van der Waals surface area contributed by atoms with Gasteiger partial charge in [-0.3, -0.25) is 0 Å². The monoisotopic (exact) mass is 813 g/mol. The Morgan fingerprint density at radius 2 is 0.952 bits per heavy atom. The van der Waals surface area contributed by atoms with Gasteiger partial charge in [-0.05, 0) is 170 Å². The molecule has 0 radical (unpaired) electrons. The second kappa shape index (κ2) is 13.4. The van der Waals surface area contributed by atoms with Gasteiger partial charge in [0.1, 0.15) is 0 Å². The standard InChI is InChI=1S/C62H55N/c1-60(2)53-20-9-8-17-52(53)59-54(60)21-12-22-57(59)63(46-26-23-43(24-27-46)49-19-11-16-44-15-10-18-48(58(44)49)42-13-6-5-7-14-42)47-28-30-51-50-29-25-45(34-55(50)61(3,4)56(51)35-47)62-36-39-31-40(37-62)33-41(32-39)38-62/h5-30,34-35,39-41H,31-33,36-38H2,1-4H3. The highest BCUT2D eigenvalue weighted by atomic mass is 15.1. The van der Waals surface area contributed by atoms with Crippen LogP contribution in [0.2, 0.25) is 0 Å². The van der Waals surface area contributed by atoms with Gasteiger partial charge in [-0.1, -0.05) is 167 Å². The van der Waals surface area contributed by atoms with Crippen molar-refractivity contribution < 1.29 is 0 Å². The third-order valence-electron chi connectivity index (χ3n) is 16.8. The first-order valence-corrected chi connectivity index (χ1v) is 23.7. The van der Waals surface area contributed by atoms with Crippen LogP contribution in [0, 0.1) is 17.8 Å². The van der Waals surface area contributed by atoms with Crippen LogP contribution >= 0.6 is 0 Å². The summed E-state index contributed by atoms with van der Waals surface area (Å²) in [6.45, 7) is 9.75. The van der Waals surface area contributed by atoms with Gasteiger partial charge in [-0.25, -0.2) is 0 Å². The summed E-state index contributed by atoms with van der Waals surface area (Å²) in [6, 6.07) is 64.8. The van der Waals surface area contributed by atoms with Crippen LogP contribution in [0.25, 0.3) is 55.3 Å². The normalized spacial score (nSPS) is 22.7. The number of nitrogens with zero attached hydrogens (tertiary/aromatic N) is 1. The fourth-order valence-corrected chi connectivity index (χ4v) is 14.2. The molecule has 6 aliphatic rings. The molecule has 1 heteroatoms. The van der Waals surface area contributed by atoms with E-state index in [9.17, 15) is 0 Å². The molecular weight excluding hydrogens is 759 g/mol. The van der Waals surface area contributed by atoms with E-state index in [1.165, 1.54) is 127 Å². The van der Waals surface area contributed by atoms with Crippen LogP contribution in [0.15, 0.2) is 170 Å². The summed E-state index contributed by atoms with van der Waals surface area (Å²) in [5.74, 6) is 2.81. The van der Waals surface area contributed by atoms with Gasteiger partial charge >= 0.3 is 0 Å². The Kier molecular flexibility index (Phi) is 7.96. The number of rotatable bonds is 6. The van der Waals surface area contributed by atoms with Crippen LogP contribution in [-0.4, -0.2) is 0 Å². The minimum absolute atomic E-state index is 0.0989. The number of fused-ring (bicyclic) bond motifs is 7. The van der Waals surface area contributed by atoms with Crippen molar-refractivity contribution in [3.05, 3.63) is 198 Å². The zero-order chi connectivity index (χ0) is 42.2.